The third-order valence-electron chi connectivity index (χ3n) is 3.22. The standard InChI is InChI=1S/C14H20IN3O/c1-10(17-13-4-2-3-9-16-13)18-14(19)11-5-7-12(15)8-6-11/h5-8,10,13,16-17H,2-4,9H2,1H3,(H,18,19). The third-order valence-corrected chi connectivity index (χ3v) is 3.93. The van der Waals surface area contributed by atoms with Gasteiger partial charge in [-0.25, -0.2) is 0 Å². The van der Waals surface area contributed by atoms with Crippen molar-refractivity contribution in [3.63, 3.8) is 0 Å². The van der Waals surface area contributed by atoms with E-state index in [1.165, 1.54) is 12.8 Å². The molecule has 3 N–H and O–H groups in total. The molecule has 1 fully saturated rings. The van der Waals surface area contributed by atoms with E-state index in [0.717, 1.165) is 16.5 Å². The smallest absolute Gasteiger partial charge is 0.252 e. The van der Waals surface area contributed by atoms with Crippen LogP contribution in [0.3, 0.4) is 0 Å². The first-order valence-electron chi connectivity index (χ1n) is 6.71. The van der Waals surface area contributed by atoms with E-state index in [1.54, 1.807) is 0 Å². The second kappa shape index (κ2) is 7.21. The lowest BCUT2D eigenvalue weighted by Gasteiger charge is -2.28. The Labute approximate surface area is 127 Å². The van der Waals surface area contributed by atoms with Crippen molar-refractivity contribution in [2.24, 2.45) is 0 Å². The second-order valence-corrected chi connectivity index (χ2v) is 6.12. The molecule has 2 unspecified atom stereocenters. The zero-order valence-electron chi connectivity index (χ0n) is 11.1. The normalized spacial score (nSPS) is 20.8. The van der Waals surface area contributed by atoms with E-state index in [1.807, 2.05) is 31.2 Å². The van der Waals surface area contributed by atoms with Crippen molar-refractivity contribution in [3.05, 3.63) is 33.4 Å². The van der Waals surface area contributed by atoms with E-state index in [2.05, 4.69) is 38.5 Å². The average molecular weight is 373 g/mol. The van der Waals surface area contributed by atoms with E-state index < -0.39 is 0 Å². The molecule has 104 valence electrons. The molecule has 0 aromatic heterocycles. The Morgan fingerprint density at radius 3 is 2.74 bits per heavy atom. The Hall–Kier alpha value is -0.660. The van der Waals surface area contributed by atoms with E-state index in [0.29, 0.717) is 11.7 Å². The number of carbonyl (C=O) groups excluding carboxylic acids is 1. The van der Waals surface area contributed by atoms with Gasteiger partial charge in [0.15, 0.2) is 0 Å². The number of amides is 1. The highest BCUT2D eigenvalue weighted by Gasteiger charge is 2.16. The van der Waals surface area contributed by atoms with Gasteiger partial charge >= 0.3 is 0 Å². The highest BCUT2D eigenvalue weighted by atomic mass is 127. The Kier molecular flexibility index (Phi) is 5.59. The van der Waals surface area contributed by atoms with Gasteiger partial charge in [-0.3, -0.25) is 10.1 Å². The molecule has 5 heteroatoms. The number of hydrogen-bond donors (Lipinski definition) is 3. The molecule has 1 aliphatic rings. The average Bonchev–Trinajstić information content (AvgIpc) is 2.40. The van der Waals surface area contributed by atoms with Gasteiger partial charge in [0, 0.05) is 9.13 Å². The lowest BCUT2D eigenvalue weighted by Crippen LogP contribution is -2.54. The van der Waals surface area contributed by atoms with E-state index in [4.69, 9.17) is 0 Å². The zero-order chi connectivity index (χ0) is 13.7. The van der Waals surface area contributed by atoms with Gasteiger partial charge in [0.25, 0.3) is 5.91 Å². The van der Waals surface area contributed by atoms with Crippen molar-refractivity contribution in [1.82, 2.24) is 16.0 Å². The SMILES string of the molecule is CC(NC(=O)c1ccc(I)cc1)NC1CCCCN1. The molecule has 1 aliphatic heterocycles. The zero-order valence-corrected chi connectivity index (χ0v) is 13.2. The van der Waals surface area contributed by atoms with Crippen LogP contribution in [0.2, 0.25) is 0 Å². The van der Waals surface area contributed by atoms with Crippen LogP contribution in [-0.2, 0) is 0 Å². The minimum absolute atomic E-state index is 0.0350. The summed E-state index contributed by atoms with van der Waals surface area (Å²) in [5, 5.41) is 9.76. The van der Waals surface area contributed by atoms with Gasteiger partial charge in [-0.1, -0.05) is 0 Å². The van der Waals surface area contributed by atoms with E-state index >= 15 is 0 Å². The molecule has 2 atom stereocenters. The van der Waals surface area contributed by atoms with Gasteiger partial charge in [0.05, 0.1) is 12.3 Å². The molecule has 0 saturated carbocycles. The van der Waals surface area contributed by atoms with Crippen LogP contribution in [0.1, 0.15) is 36.5 Å². The number of halogens is 1. The summed E-state index contributed by atoms with van der Waals surface area (Å²) in [5.41, 5.74) is 0.700. The maximum absolute atomic E-state index is 12.0. The lowest BCUT2D eigenvalue weighted by atomic mass is 10.1. The first kappa shape index (κ1) is 14.7. The van der Waals surface area contributed by atoms with Crippen molar-refractivity contribution < 1.29 is 4.79 Å². The van der Waals surface area contributed by atoms with Crippen LogP contribution in [0.4, 0.5) is 0 Å². The van der Waals surface area contributed by atoms with Gasteiger partial charge in [0.2, 0.25) is 0 Å². The summed E-state index contributed by atoms with van der Waals surface area (Å²) in [6.45, 7) is 3.02. The van der Waals surface area contributed by atoms with E-state index in [-0.39, 0.29) is 12.1 Å². The quantitative estimate of drug-likeness (QED) is 0.560. The maximum Gasteiger partial charge on any atom is 0.252 e. The van der Waals surface area contributed by atoms with Crippen LogP contribution in [0.25, 0.3) is 0 Å². The van der Waals surface area contributed by atoms with Crippen LogP contribution < -0.4 is 16.0 Å². The molecule has 2 rings (SSSR count). The highest BCUT2D eigenvalue weighted by molar-refractivity contribution is 14.1. The molecule has 1 heterocycles. The number of benzene rings is 1. The molecule has 1 aromatic rings. The lowest BCUT2D eigenvalue weighted by molar-refractivity contribution is 0.0927. The first-order valence-corrected chi connectivity index (χ1v) is 7.79. The topological polar surface area (TPSA) is 53.2 Å². The molecule has 1 saturated heterocycles. The molecule has 1 aromatic carbocycles. The van der Waals surface area contributed by atoms with Crippen molar-refractivity contribution in [3.8, 4) is 0 Å². The summed E-state index contributed by atoms with van der Waals surface area (Å²) in [5.74, 6) is -0.0350. The van der Waals surface area contributed by atoms with Crippen molar-refractivity contribution >= 4 is 28.5 Å². The summed E-state index contributed by atoms with van der Waals surface area (Å²) >= 11 is 2.23. The number of piperidine rings is 1. The fraction of sp³-hybridized carbons (Fsp3) is 0.500. The molecule has 0 spiro atoms. The Balaban J connectivity index is 1.82. The largest absolute Gasteiger partial charge is 0.337 e. The van der Waals surface area contributed by atoms with E-state index in [9.17, 15) is 4.79 Å². The number of rotatable bonds is 4. The van der Waals surface area contributed by atoms with Crippen molar-refractivity contribution in [2.75, 3.05) is 6.54 Å². The summed E-state index contributed by atoms with van der Waals surface area (Å²) in [6, 6.07) is 7.58. The fourth-order valence-electron chi connectivity index (χ4n) is 2.22. The van der Waals surface area contributed by atoms with Gasteiger partial charge in [-0.15, -0.1) is 0 Å². The van der Waals surface area contributed by atoms with Crippen molar-refractivity contribution in [2.45, 2.75) is 38.5 Å². The summed E-state index contributed by atoms with van der Waals surface area (Å²) in [6.07, 6.45) is 3.86. The number of nitrogens with one attached hydrogen (secondary N) is 3. The van der Waals surface area contributed by atoms with Crippen LogP contribution in [-0.4, -0.2) is 24.8 Å². The maximum atomic E-state index is 12.0. The van der Waals surface area contributed by atoms with Crippen LogP contribution >= 0.6 is 22.6 Å². The molecule has 19 heavy (non-hydrogen) atoms. The molecule has 0 radical (unpaired) electrons. The molecule has 1 amide bonds. The highest BCUT2D eigenvalue weighted by Crippen LogP contribution is 2.07. The Morgan fingerprint density at radius 2 is 2.11 bits per heavy atom. The van der Waals surface area contributed by atoms with Gasteiger partial charge in [-0.2, -0.15) is 0 Å². The number of carbonyl (C=O) groups is 1. The minimum atomic E-state index is -0.0395. The number of hydrogen-bond acceptors (Lipinski definition) is 3. The van der Waals surface area contributed by atoms with Crippen LogP contribution in [0, 0.1) is 3.57 Å². The Morgan fingerprint density at radius 1 is 1.37 bits per heavy atom. The summed E-state index contributed by atoms with van der Waals surface area (Å²) in [7, 11) is 0. The van der Waals surface area contributed by atoms with Crippen LogP contribution in [0.15, 0.2) is 24.3 Å². The molecule has 0 bridgehead atoms. The molecular weight excluding hydrogens is 353 g/mol. The van der Waals surface area contributed by atoms with Gasteiger partial charge in [-0.05, 0) is 79.6 Å². The van der Waals surface area contributed by atoms with Crippen molar-refractivity contribution in [1.29, 1.82) is 0 Å². The van der Waals surface area contributed by atoms with Crippen LogP contribution in [0.5, 0.6) is 0 Å². The molecule has 0 aliphatic carbocycles. The summed E-state index contributed by atoms with van der Waals surface area (Å²) in [4.78, 5) is 12.0. The molecule has 4 nitrogen and oxygen atoms in total. The molecular formula is C14H20IN3O. The predicted octanol–water partition coefficient (Wildman–Crippen LogP) is 2.06. The monoisotopic (exact) mass is 373 g/mol. The predicted molar refractivity (Wildman–Crippen MR) is 84.9 cm³/mol. The fourth-order valence-corrected chi connectivity index (χ4v) is 2.58. The third kappa shape index (κ3) is 4.74. The Bertz CT molecular complexity index is 415. The second-order valence-electron chi connectivity index (χ2n) is 4.87. The minimum Gasteiger partial charge on any atom is -0.337 e. The van der Waals surface area contributed by atoms with Gasteiger partial charge in [0.1, 0.15) is 0 Å². The first-order chi connectivity index (χ1) is 9.15. The van der Waals surface area contributed by atoms with Gasteiger partial charge < -0.3 is 10.6 Å². The summed E-state index contributed by atoms with van der Waals surface area (Å²) < 4.78 is 1.13.